The zero-order chi connectivity index (χ0) is 14.7. The maximum Gasteiger partial charge on any atom is 0.237 e. The van der Waals surface area contributed by atoms with E-state index in [1.807, 2.05) is 0 Å². The molecule has 110 valence electrons. The van der Waals surface area contributed by atoms with Crippen LogP contribution in [0.4, 0.5) is 0 Å². The van der Waals surface area contributed by atoms with Crippen molar-refractivity contribution in [3.05, 3.63) is 54.0 Å². The second-order valence-corrected chi connectivity index (χ2v) is 5.46. The first kappa shape index (κ1) is 14.0. The van der Waals surface area contributed by atoms with Crippen molar-refractivity contribution in [2.75, 3.05) is 13.7 Å². The molecule has 0 saturated heterocycles. The average Bonchev–Trinajstić information content (AvgIpc) is 3.35. The molecule has 3 rings (SSSR count). The Morgan fingerprint density at radius 3 is 2.52 bits per heavy atom. The van der Waals surface area contributed by atoms with Gasteiger partial charge in [-0.05, 0) is 24.9 Å². The number of methoxy groups -OCH3 is 1. The topological polar surface area (TPSA) is 47.0 Å². The summed E-state index contributed by atoms with van der Waals surface area (Å²) >= 11 is 0. The van der Waals surface area contributed by atoms with E-state index in [1.165, 1.54) is 5.56 Å². The Labute approximate surface area is 125 Å². The first-order chi connectivity index (χ1) is 10.3. The van der Waals surface area contributed by atoms with Crippen molar-refractivity contribution in [3.8, 4) is 5.88 Å². The van der Waals surface area contributed by atoms with E-state index in [0.717, 1.165) is 25.1 Å². The Bertz CT molecular complexity index is 596. The molecule has 0 bridgehead atoms. The summed E-state index contributed by atoms with van der Waals surface area (Å²) in [6, 6.07) is 10.8. The molecule has 0 aliphatic heterocycles. The third-order valence-corrected chi connectivity index (χ3v) is 4.26. The minimum Gasteiger partial charge on any atom is -0.480 e. The monoisotopic (exact) mass is 283 g/mol. The molecule has 2 aromatic rings. The maximum atomic E-state index is 5.42. The van der Waals surface area contributed by atoms with Crippen LogP contribution in [0.1, 0.15) is 37.1 Å². The lowest BCUT2D eigenvalue weighted by Crippen LogP contribution is -2.33. The standard InChI is InChI=1S/C17H21N3O/c1-3-18-15(14-16(21-2)20-12-11-19-14)17(9-10-17)13-7-5-4-6-8-13/h4-8,11-12,15,18H,3,9-10H2,1-2H3. The summed E-state index contributed by atoms with van der Waals surface area (Å²) in [6.07, 6.45) is 5.74. The highest BCUT2D eigenvalue weighted by Gasteiger charge is 2.52. The van der Waals surface area contributed by atoms with Gasteiger partial charge in [-0.25, -0.2) is 4.98 Å². The highest BCUT2D eigenvalue weighted by Crippen LogP contribution is 2.56. The quantitative estimate of drug-likeness (QED) is 0.885. The van der Waals surface area contributed by atoms with Gasteiger partial charge in [-0.2, -0.15) is 0 Å². The van der Waals surface area contributed by atoms with E-state index in [-0.39, 0.29) is 11.5 Å². The number of hydrogen-bond donors (Lipinski definition) is 1. The van der Waals surface area contributed by atoms with Crippen LogP contribution in [0, 0.1) is 0 Å². The SMILES string of the molecule is CCNC(c1nccnc1OC)C1(c2ccccc2)CC1. The molecular weight excluding hydrogens is 262 g/mol. The van der Waals surface area contributed by atoms with Gasteiger partial charge in [-0.1, -0.05) is 37.3 Å². The van der Waals surface area contributed by atoms with Crippen LogP contribution < -0.4 is 10.1 Å². The maximum absolute atomic E-state index is 5.42. The molecule has 1 aromatic heterocycles. The minimum atomic E-state index is 0.112. The number of likely N-dealkylation sites (N-methyl/N-ethyl adjacent to an activating group) is 1. The van der Waals surface area contributed by atoms with E-state index in [1.54, 1.807) is 19.5 Å². The molecule has 1 aromatic carbocycles. The Morgan fingerprint density at radius 2 is 1.90 bits per heavy atom. The highest BCUT2D eigenvalue weighted by molar-refractivity contribution is 5.39. The van der Waals surface area contributed by atoms with Gasteiger partial charge in [0.15, 0.2) is 0 Å². The Morgan fingerprint density at radius 1 is 1.19 bits per heavy atom. The summed E-state index contributed by atoms with van der Waals surface area (Å²) in [7, 11) is 1.65. The zero-order valence-electron chi connectivity index (χ0n) is 12.5. The molecule has 4 nitrogen and oxygen atoms in total. The molecule has 1 heterocycles. The molecule has 4 heteroatoms. The van der Waals surface area contributed by atoms with Gasteiger partial charge in [-0.3, -0.25) is 4.98 Å². The molecule has 1 atom stereocenters. The summed E-state index contributed by atoms with van der Waals surface area (Å²) in [5, 5.41) is 3.59. The zero-order valence-corrected chi connectivity index (χ0v) is 12.5. The Balaban J connectivity index is 2.03. The van der Waals surface area contributed by atoms with E-state index in [2.05, 4.69) is 52.5 Å². The molecule has 0 radical (unpaired) electrons. The number of ether oxygens (including phenoxy) is 1. The third kappa shape index (κ3) is 2.51. The fourth-order valence-electron chi connectivity index (χ4n) is 3.10. The van der Waals surface area contributed by atoms with Crippen molar-refractivity contribution in [1.29, 1.82) is 0 Å². The third-order valence-electron chi connectivity index (χ3n) is 4.26. The van der Waals surface area contributed by atoms with Crippen molar-refractivity contribution in [1.82, 2.24) is 15.3 Å². The van der Waals surface area contributed by atoms with E-state index < -0.39 is 0 Å². The largest absolute Gasteiger partial charge is 0.480 e. The lowest BCUT2D eigenvalue weighted by Gasteiger charge is -2.28. The van der Waals surface area contributed by atoms with Gasteiger partial charge >= 0.3 is 0 Å². The van der Waals surface area contributed by atoms with Crippen LogP contribution in [0.2, 0.25) is 0 Å². The van der Waals surface area contributed by atoms with Crippen molar-refractivity contribution < 1.29 is 4.74 Å². The van der Waals surface area contributed by atoms with Crippen LogP contribution in [0.5, 0.6) is 5.88 Å². The van der Waals surface area contributed by atoms with Crippen LogP contribution in [0.25, 0.3) is 0 Å². The van der Waals surface area contributed by atoms with Gasteiger partial charge < -0.3 is 10.1 Å². The fourth-order valence-corrected chi connectivity index (χ4v) is 3.10. The number of hydrogen-bond acceptors (Lipinski definition) is 4. The van der Waals surface area contributed by atoms with Gasteiger partial charge in [0.05, 0.1) is 13.2 Å². The fraction of sp³-hybridized carbons (Fsp3) is 0.412. The molecule has 1 aliphatic rings. The van der Waals surface area contributed by atoms with Gasteiger partial charge in [0.1, 0.15) is 5.69 Å². The normalized spacial score (nSPS) is 17.2. The molecule has 1 N–H and O–H groups in total. The van der Waals surface area contributed by atoms with Crippen LogP contribution in [-0.4, -0.2) is 23.6 Å². The summed E-state index contributed by atoms with van der Waals surface area (Å²) in [6.45, 7) is 3.01. The van der Waals surface area contributed by atoms with Gasteiger partial charge in [0, 0.05) is 17.8 Å². The number of rotatable bonds is 6. The van der Waals surface area contributed by atoms with Crippen molar-refractivity contribution in [2.45, 2.75) is 31.2 Å². The van der Waals surface area contributed by atoms with Crippen LogP contribution >= 0.6 is 0 Å². The molecule has 21 heavy (non-hydrogen) atoms. The average molecular weight is 283 g/mol. The predicted molar refractivity (Wildman–Crippen MR) is 82.4 cm³/mol. The number of nitrogens with one attached hydrogen (secondary N) is 1. The number of benzene rings is 1. The summed E-state index contributed by atoms with van der Waals surface area (Å²) in [4.78, 5) is 8.86. The number of nitrogens with zero attached hydrogens (tertiary/aromatic N) is 2. The van der Waals surface area contributed by atoms with Crippen LogP contribution in [-0.2, 0) is 5.41 Å². The first-order valence-electron chi connectivity index (χ1n) is 7.45. The molecule has 1 aliphatic carbocycles. The number of aromatic nitrogens is 2. The van der Waals surface area contributed by atoms with E-state index in [9.17, 15) is 0 Å². The van der Waals surface area contributed by atoms with Crippen molar-refractivity contribution in [3.63, 3.8) is 0 Å². The summed E-state index contributed by atoms with van der Waals surface area (Å²) in [5.74, 6) is 0.616. The van der Waals surface area contributed by atoms with Gasteiger partial charge in [-0.15, -0.1) is 0 Å². The molecule has 0 spiro atoms. The second kappa shape index (κ2) is 5.82. The van der Waals surface area contributed by atoms with Crippen LogP contribution in [0.15, 0.2) is 42.7 Å². The lowest BCUT2D eigenvalue weighted by molar-refractivity contribution is 0.359. The van der Waals surface area contributed by atoms with Crippen LogP contribution in [0.3, 0.4) is 0 Å². The Hall–Kier alpha value is -1.94. The second-order valence-electron chi connectivity index (χ2n) is 5.46. The lowest BCUT2D eigenvalue weighted by atomic mass is 9.86. The van der Waals surface area contributed by atoms with Crippen molar-refractivity contribution in [2.24, 2.45) is 0 Å². The molecule has 1 fully saturated rings. The molecule has 1 unspecified atom stereocenters. The molecular formula is C17H21N3O. The van der Waals surface area contributed by atoms with Gasteiger partial charge in [0.25, 0.3) is 0 Å². The minimum absolute atomic E-state index is 0.112. The molecule has 1 saturated carbocycles. The predicted octanol–water partition coefficient (Wildman–Crippen LogP) is 2.87. The van der Waals surface area contributed by atoms with Gasteiger partial charge in [0.2, 0.25) is 5.88 Å². The highest BCUT2D eigenvalue weighted by atomic mass is 16.5. The van der Waals surface area contributed by atoms with E-state index >= 15 is 0 Å². The van der Waals surface area contributed by atoms with Crippen molar-refractivity contribution >= 4 is 0 Å². The molecule has 0 amide bonds. The Kier molecular flexibility index (Phi) is 3.88. The summed E-state index contributed by atoms with van der Waals surface area (Å²) in [5.41, 5.74) is 2.38. The first-order valence-corrected chi connectivity index (χ1v) is 7.45. The van der Waals surface area contributed by atoms with E-state index in [0.29, 0.717) is 5.88 Å². The van der Waals surface area contributed by atoms with E-state index in [4.69, 9.17) is 4.74 Å². The smallest absolute Gasteiger partial charge is 0.237 e. The summed E-state index contributed by atoms with van der Waals surface area (Å²) < 4.78 is 5.42.